The van der Waals surface area contributed by atoms with Crippen LogP contribution in [0.5, 0.6) is 5.75 Å². The lowest BCUT2D eigenvalue weighted by Crippen LogP contribution is -2.29. The summed E-state index contributed by atoms with van der Waals surface area (Å²) in [5.41, 5.74) is 1.28. The number of nitrogens with zero attached hydrogens (tertiary/aromatic N) is 2. The quantitative estimate of drug-likeness (QED) is 0.644. The van der Waals surface area contributed by atoms with Gasteiger partial charge < -0.3 is 10.1 Å². The third-order valence-electron chi connectivity index (χ3n) is 4.32. The third-order valence-corrected chi connectivity index (χ3v) is 4.32. The number of hydrogen-bond donors (Lipinski definition) is 1. The van der Waals surface area contributed by atoms with Crippen molar-refractivity contribution < 1.29 is 22.7 Å². The molecule has 8 heteroatoms. The molecule has 0 aliphatic rings. The monoisotopic (exact) mass is 403 g/mol. The van der Waals surface area contributed by atoms with Crippen molar-refractivity contribution in [1.82, 2.24) is 15.1 Å². The minimum atomic E-state index is -4.75. The predicted molar refractivity (Wildman–Crippen MR) is 102 cm³/mol. The number of benzene rings is 2. The van der Waals surface area contributed by atoms with Gasteiger partial charge >= 0.3 is 12.3 Å². The Bertz CT molecular complexity index is 952. The number of alkyl halides is 3. The van der Waals surface area contributed by atoms with Crippen LogP contribution < -0.4 is 10.1 Å². The topological polar surface area (TPSA) is 56.1 Å². The molecule has 0 bridgehead atoms. The molecule has 0 aliphatic carbocycles. The molecule has 1 heterocycles. The van der Waals surface area contributed by atoms with Gasteiger partial charge in [0.2, 0.25) is 0 Å². The number of nitrogens with one attached hydrogen (secondary N) is 1. The maximum atomic E-state index is 13.5. The number of para-hydroxylation sites is 1. The number of aromatic nitrogens is 2. The second-order valence-corrected chi connectivity index (χ2v) is 6.34. The first-order chi connectivity index (χ1) is 13.9. The fourth-order valence-electron chi connectivity index (χ4n) is 2.82. The zero-order valence-electron chi connectivity index (χ0n) is 15.7. The Morgan fingerprint density at radius 2 is 1.72 bits per heavy atom. The van der Waals surface area contributed by atoms with Crippen molar-refractivity contribution in [3.8, 4) is 11.4 Å². The van der Waals surface area contributed by atoms with Gasteiger partial charge in [-0.1, -0.05) is 49.4 Å². The maximum absolute atomic E-state index is 13.5. The smallest absolute Gasteiger partial charge is 0.406 e. The van der Waals surface area contributed by atoms with Gasteiger partial charge in [-0.05, 0) is 36.1 Å². The molecule has 1 aromatic heterocycles. The van der Waals surface area contributed by atoms with Crippen LogP contribution in [-0.4, -0.2) is 22.4 Å². The highest BCUT2D eigenvalue weighted by atomic mass is 19.4. The lowest BCUT2D eigenvalue weighted by Gasteiger charge is -2.12. The van der Waals surface area contributed by atoms with Gasteiger partial charge in [0, 0.05) is 6.54 Å². The molecule has 0 atom stereocenters. The van der Waals surface area contributed by atoms with Crippen LogP contribution in [0.4, 0.5) is 18.0 Å². The summed E-state index contributed by atoms with van der Waals surface area (Å²) >= 11 is 0. The fraction of sp³-hybridized carbons (Fsp3) is 0.238. The van der Waals surface area contributed by atoms with Crippen LogP contribution >= 0.6 is 0 Å². The number of amides is 1. The van der Waals surface area contributed by atoms with E-state index in [-0.39, 0.29) is 12.2 Å². The van der Waals surface area contributed by atoms with Crippen LogP contribution in [0.3, 0.4) is 0 Å². The van der Waals surface area contributed by atoms with Crippen molar-refractivity contribution in [3.63, 3.8) is 0 Å². The molecule has 0 radical (unpaired) electrons. The summed E-state index contributed by atoms with van der Waals surface area (Å²) in [6.45, 7) is 2.29. The Balaban J connectivity index is 1.66. The normalized spacial score (nSPS) is 11.3. The molecule has 0 saturated carbocycles. The van der Waals surface area contributed by atoms with Crippen molar-refractivity contribution in [2.24, 2.45) is 0 Å². The van der Waals surface area contributed by atoms with Gasteiger partial charge in [0.1, 0.15) is 0 Å². The Hall–Kier alpha value is -3.29. The zero-order valence-corrected chi connectivity index (χ0v) is 15.7. The first-order valence-electron chi connectivity index (χ1n) is 9.12. The van der Waals surface area contributed by atoms with Gasteiger partial charge in [-0.2, -0.15) is 18.3 Å². The second-order valence-electron chi connectivity index (χ2n) is 6.34. The average molecular weight is 403 g/mol. The van der Waals surface area contributed by atoms with Gasteiger partial charge in [0.05, 0.1) is 11.9 Å². The van der Waals surface area contributed by atoms with Crippen LogP contribution in [0.15, 0.2) is 60.8 Å². The largest absolute Gasteiger partial charge is 0.437 e. The van der Waals surface area contributed by atoms with E-state index in [4.69, 9.17) is 4.74 Å². The minimum Gasteiger partial charge on any atom is -0.406 e. The van der Waals surface area contributed by atoms with Crippen molar-refractivity contribution >= 4 is 6.09 Å². The van der Waals surface area contributed by atoms with Crippen LogP contribution in [0.2, 0.25) is 0 Å². The summed E-state index contributed by atoms with van der Waals surface area (Å²) < 4.78 is 46.2. The standard InChI is InChI=1S/C21H20F3N3O2/c1-2-15-8-10-16(11-9-15)12-13-25-20(28)29-18-14-26-27(19(18)21(22,23)24)17-6-4-3-5-7-17/h3-11,14H,2,12-13H2,1H3,(H,25,28). The van der Waals surface area contributed by atoms with E-state index in [1.807, 2.05) is 24.3 Å². The Morgan fingerprint density at radius 3 is 2.34 bits per heavy atom. The molecule has 29 heavy (non-hydrogen) atoms. The third kappa shape index (κ3) is 5.16. The number of ether oxygens (including phenoxy) is 1. The van der Waals surface area contributed by atoms with Crippen molar-refractivity contribution in [3.05, 3.63) is 77.6 Å². The highest BCUT2D eigenvalue weighted by Gasteiger charge is 2.40. The van der Waals surface area contributed by atoms with Crippen molar-refractivity contribution in [1.29, 1.82) is 0 Å². The Morgan fingerprint density at radius 1 is 1.07 bits per heavy atom. The van der Waals surface area contributed by atoms with Crippen LogP contribution in [0.25, 0.3) is 5.69 Å². The summed E-state index contributed by atoms with van der Waals surface area (Å²) in [4.78, 5) is 12.0. The average Bonchev–Trinajstić information content (AvgIpc) is 3.13. The first kappa shape index (κ1) is 20.4. The molecule has 2 aromatic carbocycles. The molecule has 0 spiro atoms. The van der Waals surface area contributed by atoms with Gasteiger partial charge in [-0.3, -0.25) is 0 Å². The lowest BCUT2D eigenvalue weighted by atomic mass is 10.1. The van der Waals surface area contributed by atoms with E-state index in [0.717, 1.165) is 18.2 Å². The molecule has 0 aliphatic heterocycles. The van der Waals surface area contributed by atoms with Crippen LogP contribution in [0, 0.1) is 0 Å². The summed E-state index contributed by atoms with van der Waals surface area (Å²) in [6.07, 6.45) is -3.35. The molecule has 0 saturated heterocycles. The molecule has 1 N–H and O–H groups in total. The number of halogens is 3. The van der Waals surface area contributed by atoms with Gasteiger partial charge in [0.25, 0.3) is 0 Å². The van der Waals surface area contributed by atoms with E-state index in [2.05, 4.69) is 17.3 Å². The maximum Gasteiger partial charge on any atom is 0.437 e. The molecule has 0 fully saturated rings. The Kier molecular flexibility index (Phi) is 6.21. The number of carbonyl (C=O) groups is 1. The van der Waals surface area contributed by atoms with Crippen LogP contribution in [0.1, 0.15) is 23.7 Å². The second kappa shape index (κ2) is 8.81. The SMILES string of the molecule is CCc1ccc(CCNC(=O)Oc2cnn(-c3ccccc3)c2C(F)(F)F)cc1. The van der Waals surface area contributed by atoms with Crippen molar-refractivity contribution in [2.75, 3.05) is 6.54 Å². The number of hydrogen-bond acceptors (Lipinski definition) is 3. The molecule has 3 rings (SSSR count). The molecule has 5 nitrogen and oxygen atoms in total. The van der Waals surface area contributed by atoms with Crippen molar-refractivity contribution in [2.45, 2.75) is 25.9 Å². The van der Waals surface area contributed by atoms with E-state index < -0.39 is 23.7 Å². The number of aryl methyl sites for hydroxylation is 1. The van der Waals surface area contributed by atoms with E-state index in [9.17, 15) is 18.0 Å². The molecule has 1 amide bonds. The number of carbonyl (C=O) groups excluding carboxylic acids is 1. The highest BCUT2D eigenvalue weighted by molar-refractivity contribution is 5.70. The molecular weight excluding hydrogens is 383 g/mol. The molecule has 152 valence electrons. The van der Waals surface area contributed by atoms with Gasteiger partial charge in [-0.25, -0.2) is 9.48 Å². The highest BCUT2D eigenvalue weighted by Crippen LogP contribution is 2.37. The van der Waals surface area contributed by atoms with E-state index in [0.29, 0.717) is 11.1 Å². The summed E-state index contributed by atoms with van der Waals surface area (Å²) in [7, 11) is 0. The fourth-order valence-corrected chi connectivity index (χ4v) is 2.82. The Labute approximate surface area is 166 Å². The number of rotatable bonds is 6. The summed E-state index contributed by atoms with van der Waals surface area (Å²) in [5.74, 6) is -0.647. The molecule has 0 unspecified atom stereocenters. The summed E-state index contributed by atoms with van der Waals surface area (Å²) in [5, 5.41) is 6.21. The van der Waals surface area contributed by atoms with E-state index in [1.165, 1.54) is 17.7 Å². The zero-order chi connectivity index (χ0) is 20.9. The van der Waals surface area contributed by atoms with Crippen LogP contribution in [-0.2, 0) is 19.0 Å². The van der Waals surface area contributed by atoms with E-state index >= 15 is 0 Å². The lowest BCUT2D eigenvalue weighted by molar-refractivity contribution is -0.143. The molecule has 3 aromatic rings. The summed E-state index contributed by atoms with van der Waals surface area (Å²) in [6, 6.07) is 15.7. The first-order valence-corrected chi connectivity index (χ1v) is 9.12. The predicted octanol–water partition coefficient (Wildman–Crippen LogP) is 4.78. The molecular formula is C21H20F3N3O2. The van der Waals surface area contributed by atoms with E-state index in [1.54, 1.807) is 18.2 Å². The van der Waals surface area contributed by atoms with Gasteiger partial charge in [-0.15, -0.1) is 0 Å². The van der Waals surface area contributed by atoms with Gasteiger partial charge in [0.15, 0.2) is 11.4 Å². The minimum absolute atomic E-state index is 0.214.